The number of hydrogen-bond donors (Lipinski definition) is 1. The van der Waals surface area contributed by atoms with Gasteiger partial charge in [-0.3, -0.25) is 9.82 Å². The minimum Gasteiger partial charge on any atom is -0.495 e. The van der Waals surface area contributed by atoms with Crippen molar-refractivity contribution < 1.29 is 9.57 Å². The monoisotopic (exact) mass is 168 g/mol. The Morgan fingerprint density at radius 1 is 1.50 bits per heavy atom. The van der Waals surface area contributed by atoms with Gasteiger partial charge in [-0.1, -0.05) is 0 Å². The van der Waals surface area contributed by atoms with Gasteiger partial charge in [0.05, 0.1) is 19.0 Å². The summed E-state index contributed by atoms with van der Waals surface area (Å²) in [5, 5.41) is 0. The molecular formula is C8H12N2O2. The van der Waals surface area contributed by atoms with Crippen LogP contribution < -0.4 is 10.6 Å². The molecule has 0 aromatic carbocycles. The molecule has 0 spiro atoms. The number of aromatic nitrogens is 1. The molecule has 0 aliphatic rings. The van der Waals surface area contributed by atoms with Gasteiger partial charge in [0.15, 0.2) is 0 Å². The topological polar surface area (TPSA) is 57.4 Å². The van der Waals surface area contributed by atoms with Gasteiger partial charge in [0, 0.05) is 0 Å². The normalized spacial score (nSPS) is 12.6. The molecule has 0 saturated carbocycles. The molecule has 1 rings (SSSR count). The third-order valence-electron chi connectivity index (χ3n) is 1.62. The Labute approximate surface area is 71.3 Å². The van der Waals surface area contributed by atoms with Crippen LogP contribution in [0, 0.1) is 0 Å². The fraction of sp³-hybridized carbons (Fsp3) is 0.375. The molecule has 1 atom stereocenters. The highest BCUT2D eigenvalue weighted by Gasteiger charge is 2.04. The van der Waals surface area contributed by atoms with Crippen LogP contribution in [0.2, 0.25) is 0 Å². The summed E-state index contributed by atoms with van der Waals surface area (Å²) in [4.78, 5) is 8.70. The van der Waals surface area contributed by atoms with Crippen molar-refractivity contribution in [2.45, 2.75) is 13.0 Å². The molecule has 0 fully saturated rings. The zero-order valence-electron chi connectivity index (χ0n) is 7.15. The minimum atomic E-state index is -0.184. The molecule has 0 radical (unpaired) electrons. The van der Waals surface area contributed by atoms with Crippen molar-refractivity contribution in [1.29, 1.82) is 0 Å². The maximum absolute atomic E-state index is 5.00. The smallest absolute Gasteiger partial charge is 0.137 e. The maximum atomic E-state index is 5.00. The van der Waals surface area contributed by atoms with Crippen molar-refractivity contribution in [2.75, 3.05) is 7.11 Å². The highest BCUT2D eigenvalue weighted by atomic mass is 16.6. The first-order chi connectivity index (χ1) is 5.77. The average Bonchev–Trinajstić information content (AvgIpc) is 2.17. The Morgan fingerprint density at radius 2 is 2.25 bits per heavy atom. The van der Waals surface area contributed by atoms with E-state index < -0.39 is 0 Å². The fourth-order valence-electron chi connectivity index (χ4n) is 0.823. The number of methoxy groups -OCH3 is 1. The van der Waals surface area contributed by atoms with Crippen LogP contribution >= 0.6 is 0 Å². The molecule has 66 valence electrons. The first-order valence-electron chi connectivity index (χ1n) is 3.63. The lowest BCUT2D eigenvalue weighted by atomic mass is 10.2. The molecule has 1 aromatic heterocycles. The Morgan fingerprint density at radius 3 is 2.67 bits per heavy atom. The fourth-order valence-corrected chi connectivity index (χ4v) is 0.823. The van der Waals surface area contributed by atoms with E-state index >= 15 is 0 Å². The van der Waals surface area contributed by atoms with Gasteiger partial charge < -0.3 is 4.74 Å². The molecule has 4 heteroatoms. The van der Waals surface area contributed by atoms with Gasteiger partial charge in [0.25, 0.3) is 0 Å². The van der Waals surface area contributed by atoms with E-state index in [-0.39, 0.29) is 6.10 Å². The Kier molecular flexibility index (Phi) is 3.01. The quantitative estimate of drug-likeness (QED) is 0.685. The number of ether oxygens (including phenoxy) is 1. The van der Waals surface area contributed by atoms with E-state index in [1.807, 2.05) is 19.1 Å². The van der Waals surface area contributed by atoms with Crippen LogP contribution in [0.3, 0.4) is 0 Å². The number of pyridine rings is 1. The van der Waals surface area contributed by atoms with Crippen molar-refractivity contribution in [3.05, 3.63) is 24.0 Å². The summed E-state index contributed by atoms with van der Waals surface area (Å²) in [6, 6.07) is 3.63. The van der Waals surface area contributed by atoms with E-state index in [0.717, 1.165) is 11.4 Å². The molecule has 12 heavy (non-hydrogen) atoms. The van der Waals surface area contributed by atoms with E-state index in [2.05, 4.69) is 9.82 Å². The van der Waals surface area contributed by atoms with Gasteiger partial charge in [-0.25, -0.2) is 5.90 Å². The average molecular weight is 168 g/mol. The van der Waals surface area contributed by atoms with Crippen LogP contribution in [0.1, 0.15) is 18.7 Å². The van der Waals surface area contributed by atoms with E-state index in [0.29, 0.717) is 0 Å². The van der Waals surface area contributed by atoms with Gasteiger partial charge in [-0.15, -0.1) is 0 Å². The first-order valence-corrected chi connectivity index (χ1v) is 3.63. The summed E-state index contributed by atoms with van der Waals surface area (Å²) >= 11 is 0. The second-order valence-electron chi connectivity index (χ2n) is 2.40. The second-order valence-corrected chi connectivity index (χ2v) is 2.40. The van der Waals surface area contributed by atoms with Gasteiger partial charge >= 0.3 is 0 Å². The minimum absolute atomic E-state index is 0.184. The van der Waals surface area contributed by atoms with Gasteiger partial charge in [-0.2, -0.15) is 0 Å². The molecule has 2 N–H and O–H groups in total. The molecule has 0 aliphatic heterocycles. The molecule has 0 bridgehead atoms. The number of nitrogens with zero attached hydrogens (tertiary/aromatic N) is 1. The van der Waals surface area contributed by atoms with Crippen molar-refractivity contribution in [3.63, 3.8) is 0 Å². The van der Waals surface area contributed by atoms with Gasteiger partial charge in [-0.05, 0) is 19.1 Å². The van der Waals surface area contributed by atoms with Crippen LogP contribution in [0.15, 0.2) is 18.3 Å². The molecule has 1 heterocycles. The van der Waals surface area contributed by atoms with Crippen molar-refractivity contribution in [3.8, 4) is 5.75 Å². The first kappa shape index (κ1) is 8.96. The molecule has 0 aliphatic carbocycles. The van der Waals surface area contributed by atoms with Crippen molar-refractivity contribution in [1.82, 2.24) is 4.98 Å². The van der Waals surface area contributed by atoms with E-state index in [4.69, 9.17) is 10.6 Å². The summed E-state index contributed by atoms with van der Waals surface area (Å²) in [6.07, 6.45) is 1.45. The Bertz CT molecular complexity index is 235. The molecule has 1 unspecified atom stereocenters. The summed E-state index contributed by atoms with van der Waals surface area (Å²) in [6.45, 7) is 1.83. The highest BCUT2D eigenvalue weighted by Crippen LogP contribution is 2.14. The van der Waals surface area contributed by atoms with E-state index in [9.17, 15) is 0 Å². The van der Waals surface area contributed by atoms with Gasteiger partial charge in [0.1, 0.15) is 11.9 Å². The number of rotatable bonds is 3. The zero-order chi connectivity index (χ0) is 8.97. The Hall–Kier alpha value is -1.13. The van der Waals surface area contributed by atoms with Crippen LogP contribution in [0.25, 0.3) is 0 Å². The molecule has 1 aromatic rings. The predicted octanol–water partition coefficient (Wildman–Crippen LogP) is 1.04. The maximum Gasteiger partial charge on any atom is 0.137 e. The Balaban J connectivity index is 2.77. The molecule has 4 nitrogen and oxygen atoms in total. The van der Waals surface area contributed by atoms with Crippen LogP contribution in [0.4, 0.5) is 0 Å². The number of hydrogen-bond acceptors (Lipinski definition) is 4. The number of nitrogens with two attached hydrogens (primary N) is 1. The third kappa shape index (κ3) is 1.93. The van der Waals surface area contributed by atoms with Crippen LogP contribution in [-0.2, 0) is 4.84 Å². The lowest BCUT2D eigenvalue weighted by molar-refractivity contribution is 0.0634. The van der Waals surface area contributed by atoms with E-state index in [1.54, 1.807) is 13.3 Å². The van der Waals surface area contributed by atoms with Crippen LogP contribution in [-0.4, -0.2) is 12.1 Å². The summed E-state index contributed by atoms with van der Waals surface area (Å²) < 4.78 is 4.95. The summed E-state index contributed by atoms with van der Waals surface area (Å²) in [7, 11) is 1.60. The largest absolute Gasteiger partial charge is 0.495 e. The van der Waals surface area contributed by atoms with Crippen LogP contribution in [0.5, 0.6) is 5.75 Å². The highest BCUT2D eigenvalue weighted by molar-refractivity contribution is 5.20. The van der Waals surface area contributed by atoms with E-state index in [1.165, 1.54) is 0 Å². The summed E-state index contributed by atoms with van der Waals surface area (Å²) in [5.74, 6) is 5.73. The lowest BCUT2D eigenvalue weighted by Gasteiger charge is -2.07. The van der Waals surface area contributed by atoms with Gasteiger partial charge in [0.2, 0.25) is 0 Å². The standard InChI is InChI=1S/C8H12N2O2/c1-6(12-9)8-4-3-7(11-2)5-10-8/h3-6H,9H2,1-2H3. The van der Waals surface area contributed by atoms with Crippen molar-refractivity contribution in [2.24, 2.45) is 5.90 Å². The summed E-state index contributed by atoms with van der Waals surface area (Å²) in [5.41, 5.74) is 0.790. The molecule has 0 amide bonds. The third-order valence-corrected chi connectivity index (χ3v) is 1.62. The lowest BCUT2D eigenvalue weighted by Crippen LogP contribution is -2.06. The SMILES string of the molecule is COc1ccc(C(C)ON)nc1. The second kappa shape index (κ2) is 4.04. The molecule has 0 saturated heterocycles. The zero-order valence-corrected chi connectivity index (χ0v) is 7.15. The molecular weight excluding hydrogens is 156 g/mol. The van der Waals surface area contributed by atoms with Crippen molar-refractivity contribution >= 4 is 0 Å². The predicted molar refractivity (Wildman–Crippen MR) is 44.5 cm³/mol.